The quantitative estimate of drug-likeness (QED) is 0.318. The zero-order valence-electron chi connectivity index (χ0n) is 22.3. The van der Waals surface area contributed by atoms with E-state index in [4.69, 9.17) is 29.0 Å². The Morgan fingerprint density at radius 1 is 1.05 bits per heavy atom. The Bertz CT molecular complexity index is 1290. The van der Waals surface area contributed by atoms with Crippen LogP contribution in [0.5, 0.6) is 17.2 Å². The van der Waals surface area contributed by atoms with Crippen molar-refractivity contribution in [3.8, 4) is 17.2 Å². The highest BCUT2D eigenvalue weighted by molar-refractivity contribution is 6.00. The molecular weight excluding hydrogens is 496 g/mol. The Hall–Kier alpha value is -4.30. The second kappa shape index (κ2) is 13.5. The number of amides is 1. The number of rotatable bonds is 13. The molecule has 0 radical (unpaired) electrons. The number of aliphatic hydroxyl groups is 1. The van der Waals surface area contributed by atoms with Gasteiger partial charge in [0.05, 0.1) is 20.8 Å². The Kier molecular flexibility index (Phi) is 9.58. The zero-order chi connectivity index (χ0) is 27.5. The van der Waals surface area contributed by atoms with E-state index in [2.05, 4.69) is 5.32 Å². The van der Waals surface area contributed by atoms with Crippen LogP contribution in [0.4, 0.5) is 0 Å². The summed E-state index contributed by atoms with van der Waals surface area (Å²) in [4.78, 5) is 18.5. The third-order valence-corrected chi connectivity index (χ3v) is 6.36. The molecular formula is C31H34N2O6. The maximum Gasteiger partial charge on any atom is 0.252 e. The molecule has 3 aromatic rings. The lowest BCUT2D eigenvalue weighted by Gasteiger charge is -2.22. The van der Waals surface area contributed by atoms with E-state index in [-0.39, 0.29) is 25.7 Å². The molecule has 204 valence electrons. The number of ether oxygens (including phenoxy) is 4. The fraction of sp³-hybridized carbons (Fsp3) is 0.290. The highest BCUT2D eigenvalue weighted by Gasteiger charge is 2.43. The van der Waals surface area contributed by atoms with Gasteiger partial charge < -0.3 is 29.4 Å². The molecule has 2 N–H and O–H groups in total. The van der Waals surface area contributed by atoms with Crippen LogP contribution < -0.4 is 19.5 Å². The van der Waals surface area contributed by atoms with Gasteiger partial charge in [0.2, 0.25) is 5.90 Å². The molecule has 8 heteroatoms. The molecule has 4 rings (SSSR count). The van der Waals surface area contributed by atoms with Crippen molar-refractivity contribution in [2.24, 2.45) is 4.99 Å². The first-order valence-electron chi connectivity index (χ1n) is 12.8. The zero-order valence-corrected chi connectivity index (χ0v) is 22.3. The minimum atomic E-state index is -1.13. The number of carbonyl (C=O) groups is 1. The average Bonchev–Trinajstić information content (AvgIpc) is 3.42. The number of nitrogens with zero attached hydrogens (tertiary/aromatic N) is 1. The molecule has 0 aliphatic carbocycles. The summed E-state index contributed by atoms with van der Waals surface area (Å²) in [6.07, 6.45) is 4.86. The van der Waals surface area contributed by atoms with Crippen molar-refractivity contribution in [3.05, 3.63) is 95.6 Å². The van der Waals surface area contributed by atoms with E-state index in [1.54, 1.807) is 20.3 Å². The van der Waals surface area contributed by atoms with Crippen molar-refractivity contribution in [3.63, 3.8) is 0 Å². The average molecular weight is 531 g/mol. The number of hydrogen-bond donors (Lipinski definition) is 2. The van der Waals surface area contributed by atoms with E-state index in [1.165, 1.54) is 0 Å². The van der Waals surface area contributed by atoms with E-state index < -0.39 is 5.54 Å². The van der Waals surface area contributed by atoms with E-state index >= 15 is 0 Å². The summed E-state index contributed by atoms with van der Waals surface area (Å²) in [5.41, 5.74) is 1.48. The van der Waals surface area contributed by atoms with Crippen LogP contribution in [-0.4, -0.2) is 56.5 Å². The largest absolute Gasteiger partial charge is 0.497 e. The van der Waals surface area contributed by atoms with Crippen LogP contribution in [0.15, 0.2) is 83.9 Å². The Balaban J connectivity index is 1.54. The fourth-order valence-corrected chi connectivity index (χ4v) is 4.15. The lowest BCUT2D eigenvalue weighted by molar-refractivity contribution is -0.126. The van der Waals surface area contributed by atoms with Gasteiger partial charge in [0.1, 0.15) is 23.9 Å². The van der Waals surface area contributed by atoms with Gasteiger partial charge in [-0.15, -0.1) is 0 Å². The molecule has 0 unspecified atom stereocenters. The van der Waals surface area contributed by atoms with Gasteiger partial charge in [0, 0.05) is 43.2 Å². The number of carbonyl (C=O) groups excluding carboxylic acids is 1. The number of aliphatic hydroxyl groups excluding tert-OH is 1. The summed E-state index contributed by atoms with van der Waals surface area (Å²) < 4.78 is 22.4. The van der Waals surface area contributed by atoms with E-state index in [0.717, 1.165) is 16.7 Å². The number of methoxy groups -OCH3 is 2. The van der Waals surface area contributed by atoms with Crippen molar-refractivity contribution < 1.29 is 28.8 Å². The molecule has 1 heterocycles. The van der Waals surface area contributed by atoms with Gasteiger partial charge in [-0.3, -0.25) is 4.79 Å². The van der Waals surface area contributed by atoms with E-state index in [0.29, 0.717) is 42.6 Å². The Morgan fingerprint density at radius 2 is 1.82 bits per heavy atom. The van der Waals surface area contributed by atoms with Gasteiger partial charge in [-0.05, 0) is 42.0 Å². The Morgan fingerprint density at radius 3 is 2.54 bits per heavy atom. The van der Waals surface area contributed by atoms with Gasteiger partial charge in [-0.25, -0.2) is 4.99 Å². The summed E-state index contributed by atoms with van der Waals surface area (Å²) in [6, 6.07) is 22.7. The van der Waals surface area contributed by atoms with Gasteiger partial charge in [-0.1, -0.05) is 42.5 Å². The summed E-state index contributed by atoms with van der Waals surface area (Å²) in [5, 5.41) is 12.0. The predicted octanol–water partition coefficient (Wildman–Crippen LogP) is 4.40. The number of benzene rings is 3. The summed E-state index contributed by atoms with van der Waals surface area (Å²) in [6.45, 7) is 0.892. The normalized spacial score (nSPS) is 16.4. The number of hydrogen-bond acceptors (Lipinski definition) is 7. The van der Waals surface area contributed by atoms with Gasteiger partial charge in [0.25, 0.3) is 5.91 Å². The minimum absolute atomic E-state index is 0.0802. The van der Waals surface area contributed by atoms with Crippen LogP contribution in [0.1, 0.15) is 29.5 Å². The first-order chi connectivity index (χ1) is 19.1. The third-order valence-electron chi connectivity index (χ3n) is 6.36. The topological polar surface area (TPSA) is 98.6 Å². The van der Waals surface area contributed by atoms with Gasteiger partial charge >= 0.3 is 0 Å². The van der Waals surface area contributed by atoms with Crippen molar-refractivity contribution >= 4 is 17.9 Å². The monoisotopic (exact) mass is 530 g/mol. The lowest BCUT2D eigenvalue weighted by Crippen LogP contribution is -2.46. The van der Waals surface area contributed by atoms with Crippen LogP contribution in [-0.2, 0) is 16.1 Å². The first kappa shape index (κ1) is 27.7. The van der Waals surface area contributed by atoms with Crippen LogP contribution in [0.3, 0.4) is 0 Å². The highest BCUT2D eigenvalue weighted by Crippen LogP contribution is 2.29. The molecule has 0 fully saturated rings. The van der Waals surface area contributed by atoms with Crippen LogP contribution in [0.2, 0.25) is 0 Å². The fourth-order valence-electron chi connectivity index (χ4n) is 4.15. The van der Waals surface area contributed by atoms with Crippen molar-refractivity contribution in [1.82, 2.24) is 5.32 Å². The molecule has 1 atom stereocenters. The van der Waals surface area contributed by atoms with Crippen LogP contribution in [0, 0.1) is 0 Å². The smallest absolute Gasteiger partial charge is 0.252 e. The molecule has 0 saturated heterocycles. The van der Waals surface area contributed by atoms with Gasteiger partial charge in [0.15, 0.2) is 5.54 Å². The molecule has 1 aliphatic rings. The molecule has 0 saturated carbocycles. The molecule has 8 nitrogen and oxygen atoms in total. The van der Waals surface area contributed by atoms with Gasteiger partial charge in [-0.2, -0.15) is 0 Å². The molecule has 39 heavy (non-hydrogen) atoms. The predicted molar refractivity (Wildman–Crippen MR) is 150 cm³/mol. The Labute approximate surface area is 228 Å². The maximum atomic E-state index is 13.6. The summed E-state index contributed by atoms with van der Waals surface area (Å²) in [7, 11) is 3.18. The van der Waals surface area contributed by atoms with E-state index in [9.17, 15) is 4.79 Å². The molecule has 3 aromatic carbocycles. The maximum absolute atomic E-state index is 13.6. The summed E-state index contributed by atoms with van der Waals surface area (Å²) >= 11 is 0. The minimum Gasteiger partial charge on any atom is -0.497 e. The molecule has 0 aromatic heterocycles. The molecule has 0 bridgehead atoms. The third kappa shape index (κ3) is 7.18. The second-order valence-corrected chi connectivity index (χ2v) is 9.06. The lowest BCUT2D eigenvalue weighted by atomic mass is 9.95. The van der Waals surface area contributed by atoms with Crippen molar-refractivity contribution in [2.75, 3.05) is 34.0 Å². The van der Waals surface area contributed by atoms with Crippen molar-refractivity contribution in [2.45, 2.75) is 24.9 Å². The molecule has 1 aliphatic heterocycles. The second-order valence-electron chi connectivity index (χ2n) is 9.06. The molecule has 0 spiro atoms. The van der Waals surface area contributed by atoms with Crippen molar-refractivity contribution in [1.29, 1.82) is 0 Å². The van der Waals surface area contributed by atoms with Crippen LogP contribution in [0.25, 0.3) is 6.08 Å². The van der Waals surface area contributed by atoms with E-state index in [1.807, 2.05) is 78.9 Å². The summed E-state index contributed by atoms with van der Waals surface area (Å²) in [5.74, 6) is 2.15. The number of nitrogens with one attached hydrogen (secondary N) is 1. The SMILES string of the molecule is COc1ccc(CNC(=O)[C@@]2(C/C=C/c3ccccc3)COC(c3ccc(OCCCO)cc3)=N2)c(OC)c1. The number of aliphatic imine (C=N–C) groups is 1. The van der Waals surface area contributed by atoms with Crippen LogP contribution >= 0.6 is 0 Å². The highest BCUT2D eigenvalue weighted by atomic mass is 16.5. The molecule has 1 amide bonds. The standard InChI is InChI=1S/C31H34N2O6/c1-36-27-16-13-25(28(20-27)37-2)21-32-30(35)31(17-6-10-23-8-4-3-5-9-23)22-39-29(33-31)24-11-14-26(15-12-24)38-19-7-18-34/h3-6,8-16,20,34H,7,17-19,21-22H2,1-2H3,(H,32,35)/b10-6+/t31-/m1/s1. The first-order valence-corrected chi connectivity index (χ1v) is 12.8.